The minimum Gasteiger partial charge on any atom is -0.481 e. The molecule has 0 radical (unpaired) electrons. The summed E-state index contributed by atoms with van der Waals surface area (Å²) in [6.07, 6.45) is 1.69. The second-order valence-corrected chi connectivity index (χ2v) is 13.4. The number of nitrogens with zero attached hydrogens (tertiary/aromatic N) is 5. The first-order chi connectivity index (χ1) is 20.3. The van der Waals surface area contributed by atoms with Gasteiger partial charge in [0.2, 0.25) is 0 Å². The molecule has 2 fully saturated rings. The molecule has 44 heavy (non-hydrogen) atoms. The molecule has 0 bridgehead atoms. The second-order valence-electron chi connectivity index (χ2n) is 12.1. The molecule has 2 N–H and O–H groups in total. The lowest BCUT2D eigenvalue weighted by Crippen LogP contribution is -2.60. The lowest BCUT2D eigenvalue weighted by atomic mass is 9.91. The van der Waals surface area contributed by atoms with Gasteiger partial charge in [0.05, 0.1) is 23.1 Å². The van der Waals surface area contributed by atoms with E-state index in [0.717, 1.165) is 0 Å². The molecule has 3 aliphatic rings. The lowest BCUT2D eigenvalue weighted by molar-refractivity contribution is -0.147. The minimum absolute atomic E-state index is 0. The summed E-state index contributed by atoms with van der Waals surface area (Å²) in [4.78, 5) is 41.1. The third-order valence-corrected chi connectivity index (χ3v) is 9.55. The summed E-state index contributed by atoms with van der Waals surface area (Å²) in [7, 11) is 0. The number of carbonyl (C=O) groups excluding carboxylic acids is 1. The maximum atomic E-state index is 14.8. The van der Waals surface area contributed by atoms with E-state index in [0.29, 0.717) is 77.6 Å². The van der Waals surface area contributed by atoms with Gasteiger partial charge >= 0.3 is 11.9 Å². The van der Waals surface area contributed by atoms with Crippen molar-refractivity contribution < 1.29 is 23.8 Å². The average molecular weight is 663 g/mol. The first-order valence-corrected chi connectivity index (χ1v) is 15.6. The summed E-state index contributed by atoms with van der Waals surface area (Å²) in [5, 5.41) is 16.3. The molecular weight excluding hydrogens is 624 g/mol. The Morgan fingerprint density at radius 2 is 2.05 bits per heavy atom. The highest BCUT2D eigenvalue weighted by Crippen LogP contribution is 2.37. The first kappa shape index (κ1) is 33.8. The van der Waals surface area contributed by atoms with Crippen LogP contribution in [0.5, 0.6) is 0 Å². The van der Waals surface area contributed by atoms with Crippen LogP contribution in [0.25, 0.3) is 0 Å². The van der Waals surface area contributed by atoms with Crippen molar-refractivity contribution in [2.24, 2.45) is 10.4 Å². The minimum atomic E-state index is -0.949. The summed E-state index contributed by atoms with van der Waals surface area (Å²) in [5.74, 6) is -1.23. The highest BCUT2D eigenvalue weighted by atomic mass is 32.1. The van der Waals surface area contributed by atoms with Gasteiger partial charge in [-0.1, -0.05) is 12.1 Å². The Morgan fingerprint density at radius 3 is 2.70 bits per heavy atom. The van der Waals surface area contributed by atoms with Crippen LogP contribution in [-0.4, -0.2) is 99.1 Å². The standard InChI is InChI=1S/C30H37FN6O4S2.H2S/c1-6-41-26(38)22-21(33-24(25-32-10-13-43-25)34-23(22)19-8-7-9-20(31)18(19)2)14-35-11-12-37-28(42)36(17-30(37,5)16-35)15-29(3,4)27(39)40;/h7-10,13,23H,6,11-12,14-17H2,1-5H3,(H,33,34)(H,39,40);1H2/t23-,30+;/m0./s1. The van der Waals surface area contributed by atoms with Crippen molar-refractivity contribution in [3.05, 3.63) is 63.0 Å². The van der Waals surface area contributed by atoms with Crippen LogP contribution < -0.4 is 5.32 Å². The van der Waals surface area contributed by atoms with E-state index in [9.17, 15) is 19.1 Å². The highest BCUT2D eigenvalue weighted by molar-refractivity contribution is 7.80. The molecule has 0 saturated carbocycles. The molecule has 5 rings (SSSR count). The van der Waals surface area contributed by atoms with Gasteiger partial charge < -0.3 is 25.0 Å². The number of amidine groups is 1. The number of halogens is 1. The Balaban J connectivity index is 0.00000442. The molecule has 0 amide bonds. The normalized spacial score (nSPS) is 22.3. The van der Waals surface area contributed by atoms with Gasteiger partial charge in [0.25, 0.3) is 0 Å². The summed E-state index contributed by atoms with van der Waals surface area (Å²) in [6, 6.07) is 4.03. The molecule has 14 heteroatoms. The molecule has 3 aliphatic heterocycles. The fraction of sp³-hybridized carbons (Fsp3) is 0.500. The van der Waals surface area contributed by atoms with Crippen molar-refractivity contribution in [2.45, 2.75) is 46.2 Å². The van der Waals surface area contributed by atoms with Crippen LogP contribution in [0.2, 0.25) is 0 Å². The number of thiocarbonyl (C=S) groups is 1. The molecule has 0 spiro atoms. The van der Waals surface area contributed by atoms with Crippen LogP contribution in [0, 0.1) is 18.2 Å². The van der Waals surface area contributed by atoms with Crippen LogP contribution in [0.3, 0.4) is 0 Å². The predicted molar refractivity (Wildman–Crippen MR) is 177 cm³/mol. The number of thiazole rings is 1. The number of carboxylic acids is 1. The number of aliphatic imine (C=N–C) groups is 1. The first-order valence-electron chi connectivity index (χ1n) is 14.3. The fourth-order valence-corrected chi connectivity index (χ4v) is 7.09. The zero-order valence-electron chi connectivity index (χ0n) is 25.5. The number of hydrogen-bond acceptors (Lipinski definition) is 9. The van der Waals surface area contributed by atoms with E-state index in [1.54, 1.807) is 46.0 Å². The topological polar surface area (TPSA) is 111 Å². The molecule has 1 aromatic heterocycles. The van der Waals surface area contributed by atoms with E-state index in [1.165, 1.54) is 17.4 Å². The Labute approximate surface area is 273 Å². The molecule has 238 valence electrons. The summed E-state index contributed by atoms with van der Waals surface area (Å²) in [5.41, 5.74) is 0.682. The van der Waals surface area contributed by atoms with Crippen LogP contribution in [0.4, 0.5) is 4.39 Å². The van der Waals surface area contributed by atoms with Gasteiger partial charge in [0, 0.05) is 56.5 Å². The number of carboxylic acid groups (broad SMARTS) is 1. The predicted octanol–water partition coefficient (Wildman–Crippen LogP) is 3.70. The van der Waals surface area contributed by atoms with Gasteiger partial charge in [0.15, 0.2) is 16.0 Å². The van der Waals surface area contributed by atoms with Crippen molar-refractivity contribution in [2.75, 3.05) is 45.9 Å². The maximum absolute atomic E-state index is 14.8. The number of nitrogens with one attached hydrogen (secondary N) is 1. The van der Waals surface area contributed by atoms with Gasteiger partial charge in [0.1, 0.15) is 11.9 Å². The lowest BCUT2D eigenvalue weighted by Gasteiger charge is -2.45. The number of fused-ring (bicyclic) bond motifs is 1. The molecular formula is C30H39FN6O4S3. The molecule has 2 aromatic rings. The number of aliphatic carboxylic acids is 1. The smallest absolute Gasteiger partial charge is 0.338 e. The van der Waals surface area contributed by atoms with E-state index < -0.39 is 23.4 Å². The summed E-state index contributed by atoms with van der Waals surface area (Å²) < 4.78 is 20.3. The Bertz CT molecular complexity index is 1500. The van der Waals surface area contributed by atoms with Gasteiger partial charge in [-0.2, -0.15) is 13.5 Å². The number of carbonyl (C=O) groups is 2. The number of rotatable bonds is 9. The quantitative estimate of drug-likeness (QED) is 0.305. The number of ether oxygens (including phenoxy) is 1. The Hall–Kier alpha value is -3.07. The molecule has 10 nitrogen and oxygen atoms in total. The zero-order chi connectivity index (χ0) is 31.1. The molecule has 0 unspecified atom stereocenters. The fourth-order valence-electron chi connectivity index (χ4n) is 6.06. The maximum Gasteiger partial charge on any atom is 0.338 e. The van der Waals surface area contributed by atoms with E-state index >= 15 is 0 Å². The largest absolute Gasteiger partial charge is 0.481 e. The number of hydrogen-bond donors (Lipinski definition) is 2. The summed E-state index contributed by atoms with van der Waals surface area (Å²) in [6.45, 7) is 12.4. The number of piperazine rings is 1. The van der Waals surface area contributed by atoms with Crippen molar-refractivity contribution in [3.63, 3.8) is 0 Å². The van der Waals surface area contributed by atoms with E-state index in [2.05, 4.69) is 27.0 Å². The monoisotopic (exact) mass is 662 g/mol. The van der Waals surface area contributed by atoms with Gasteiger partial charge in [-0.15, -0.1) is 11.3 Å². The van der Waals surface area contributed by atoms with Crippen LogP contribution in [0.1, 0.15) is 49.9 Å². The van der Waals surface area contributed by atoms with Crippen LogP contribution >= 0.6 is 37.1 Å². The van der Waals surface area contributed by atoms with E-state index in [4.69, 9.17) is 21.9 Å². The van der Waals surface area contributed by atoms with Gasteiger partial charge in [-0.25, -0.2) is 14.2 Å². The molecule has 2 saturated heterocycles. The number of aromatic nitrogens is 1. The van der Waals surface area contributed by atoms with Crippen LogP contribution in [-0.2, 0) is 14.3 Å². The van der Waals surface area contributed by atoms with Gasteiger partial charge in [-0.3, -0.25) is 14.7 Å². The molecule has 0 aliphatic carbocycles. The summed E-state index contributed by atoms with van der Waals surface area (Å²) >= 11 is 7.23. The molecule has 4 heterocycles. The molecule has 2 atom stereocenters. The number of benzene rings is 1. The Morgan fingerprint density at radius 1 is 1.30 bits per heavy atom. The Kier molecular flexibility index (Phi) is 10.1. The second kappa shape index (κ2) is 13.1. The van der Waals surface area contributed by atoms with Crippen molar-refractivity contribution in [1.29, 1.82) is 0 Å². The van der Waals surface area contributed by atoms with Crippen molar-refractivity contribution in [1.82, 2.24) is 25.0 Å². The highest BCUT2D eigenvalue weighted by Gasteiger charge is 2.49. The molecule has 1 aromatic carbocycles. The van der Waals surface area contributed by atoms with Crippen LogP contribution in [0.15, 0.2) is 46.0 Å². The zero-order valence-corrected chi connectivity index (χ0v) is 28.1. The third kappa shape index (κ3) is 6.49. The van der Waals surface area contributed by atoms with E-state index in [1.807, 2.05) is 10.3 Å². The SMILES string of the molecule is CCOC(=O)C1=C(CN2CCN3C(=S)N(CC(C)(C)C(=O)O)C[C@@]3(C)C2)NC(c2nccs2)=N[C@H]1c1cccc(F)c1C.S. The van der Waals surface area contributed by atoms with Crippen molar-refractivity contribution >= 4 is 59.9 Å². The third-order valence-electron chi connectivity index (χ3n) is 8.30. The number of esters is 1. The van der Waals surface area contributed by atoms with Crippen molar-refractivity contribution in [3.8, 4) is 0 Å². The average Bonchev–Trinajstić information content (AvgIpc) is 3.56. The van der Waals surface area contributed by atoms with E-state index in [-0.39, 0.29) is 31.5 Å². The van der Waals surface area contributed by atoms with Gasteiger partial charge in [-0.05, 0) is 64.0 Å².